The standard InChI is InChI=1S/C13H19NO6S/c1-7-11(13(15)16)12(8(2)20-7)21(17,18)14-9-4-5-10(6-9)19-3/h9-10,14H,4-6H2,1-3H3,(H,15,16). The third kappa shape index (κ3) is 3.12. The molecule has 7 nitrogen and oxygen atoms in total. The molecule has 1 fully saturated rings. The summed E-state index contributed by atoms with van der Waals surface area (Å²) >= 11 is 0. The first-order valence-corrected chi connectivity index (χ1v) is 8.13. The SMILES string of the molecule is COC1CCC(NS(=O)(=O)c2c(C)oc(C)c2C(=O)O)C1. The summed E-state index contributed by atoms with van der Waals surface area (Å²) in [5, 5.41) is 9.19. The third-order valence-electron chi connectivity index (χ3n) is 3.73. The number of ether oxygens (including phenoxy) is 1. The molecule has 1 aromatic heterocycles. The molecule has 2 rings (SSSR count). The third-order valence-corrected chi connectivity index (χ3v) is 5.40. The lowest BCUT2D eigenvalue weighted by molar-refractivity contribution is 0.0691. The molecule has 1 aromatic rings. The molecule has 1 aliphatic carbocycles. The van der Waals surface area contributed by atoms with Gasteiger partial charge in [0.05, 0.1) is 6.10 Å². The Morgan fingerprint density at radius 1 is 1.33 bits per heavy atom. The first-order chi connectivity index (χ1) is 9.76. The minimum Gasteiger partial charge on any atom is -0.478 e. The number of aryl methyl sites for hydroxylation is 2. The van der Waals surface area contributed by atoms with Gasteiger partial charge in [-0.3, -0.25) is 0 Å². The van der Waals surface area contributed by atoms with Crippen LogP contribution in [0.1, 0.15) is 41.1 Å². The van der Waals surface area contributed by atoms with Gasteiger partial charge in [0.2, 0.25) is 10.0 Å². The van der Waals surface area contributed by atoms with E-state index in [-0.39, 0.29) is 34.1 Å². The van der Waals surface area contributed by atoms with Crippen LogP contribution in [0.5, 0.6) is 0 Å². The first kappa shape index (κ1) is 16.0. The van der Waals surface area contributed by atoms with Crippen molar-refractivity contribution in [3.63, 3.8) is 0 Å². The number of rotatable bonds is 5. The predicted molar refractivity (Wildman–Crippen MR) is 73.9 cm³/mol. The summed E-state index contributed by atoms with van der Waals surface area (Å²) in [6.07, 6.45) is 2.05. The molecule has 2 N–H and O–H groups in total. The molecule has 2 atom stereocenters. The molecule has 0 radical (unpaired) electrons. The van der Waals surface area contributed by atoms with Crippen molar-refractivity contribution in [1.82, 2.24) is 4.72 Å². The van der Waals surface area contributed by atoms with E-state index >= 15 is 0 Å². The van der Waals surface area contributed by atoms with Crippen molar-refractivity contribution in [2.45, 2.75) is 50.2 Å². The number of hydrogen-bond acceptors (Lipinski definition) is 5. The van der Waals surface area contributed by atoms with E-state index in [4.69, 9.17) is 9.15 Å². The number of carboxylic acids is 1. The maximum Gasteiger partial charge on any atom is 0.340 e. The van der Waals surface area contributed by atoms with E-state index in [0.717, 1.165) is 6.42 Å². The molecule has 0 saturated heterocycles. The highest BCUT2D eigenvalue weighted by Crippen LogP contribution is 2.29. The van der Waals surface area contributed by atoms with Gasteiger partial charge in [0, 0.05) is 13.2 Å². The molecular formula is C13H19NO6S. The van der Waals surface area contributed by atoms with E-state index in [1.54, 1.807) is 7.11 Å². The summed E-state index contributed by atoms with van der Waals surface area (Å²) in [6, 6.07) is -0.254. The van der Waals surface area contributed by atoms with Crippen LogP contribution in [0.25, 0.3) is 0 Å². The Morgan fingerprint density at radius 2 is 2.00 bits per heavy atom. The van der Waals surface area contributed by atoms with Crippen LogP contribution < -0.4 is 4.72 Å². The number of hydrogen-bond donors (Lipinski definition) is 2. The molecule has 2 unspecified atom stereocenters. The van der Waals surface area contributed by atoms with Gasteiger partial charge in [-0.15, -0.1) is 0 Å². The Kier molecular flexibility index (Phi) is 4.40. The van der Waals surface area contributed by atoms with Gasteiger partial charge in [-0.2, -0.15) is 0 Å². The zero-order chi connectivity index (χ0) is 15.8. The molecule has 0 amide bonds. The molecule has 0 spiro atoms. The van der Waals surface area contributed by atoms with Gasteiger partial charge in [0.25, 0.3) is 0 Å². The highest BCUT2D eigenvalue weighted by molar-refractivity contribution is 7.89. The number of carbonyl (C=O) groups is 1. The van der Waals surface area contributed by atoms with Gasteiger partial charge in [-0.1, -0.05) is 0 Å². The second-order valence-corrected chi connectivity index (χ2v) is 6.86. The predicted octanol–water partition coefficient (Wildman–Crippen LogP) is 1.44. The lowest BCUT2D eigenvalue weighted by Crippen LogP contribution is -2.34. The van der Waals surface area contributed by atoms with Crippen LogP contribution >= 0.6 is 0 Å². The van der Waals surface area contributed by atoms with Crippen molar-refractivity contribution in [3.8, 4) is 0 Å². The molecule has 0 aromatic carbocycles. The first-order valence-electron chi connectivity index (χ1n) is 6.64. The Labute approximate surface area is 123 Å². The number of furan rings is 1. The fraction of sp³-hybridized carbons (Fsp3) is 0.615. The lowest BCUT2D eigenvalue weighted by atomic mass is 10.2. The lowest BCUT2D eigenvalue weighted by Gasteiger charge is -2.13. The van der Waals surface area contributed by atoms with Gasteiger partial charge < -0.3 is 14.3 Å². The van der Waals surface area contributed by atoms with E-state index in [1.165, 1.54) is 13.8 Å². The minimum atomic E-state index is -3.94. The molecule has 0 aliphatic heterocycles. The van der Waals surface area contributed by atoms with Crippen LogP contribution in [0.3, 0.4) is 0 Å². The molecule has 1 aliphatic rings. The van der Waals surface area contributed by atoms with Gasteiger partial charge in [-0.05, 0) is 33.1 Å². The van der Waals surface area contributed by atoms with Gasteiger partial charge in [0.1, 0.15) is 22.0 Å². The highest BCUT2D eigenvalue weighted by Gasteiger charge is 2.34. The van der Waals surface area contributed by atoms with Crippen molar-refractivity contribution in [3.05, 3.63) is 17.1 Å². The van der Waals surface area contributed by atoms with Crippen molar-refractivity contribution in [2.24, 2.45) is 0 Å². The maximum absolute atomic E-state index is 12.5. The average molecular weight is 317 g/mol. The normalized spacial score (nSPS) is 22.6. The number of methoxy groups -OCH3 is 1. The Hall–Kier alpha value is -1.38. The summed E-state index contributed by atoms with van der Waals surface area (Å²) in [7, 11) is -2.35. The topological polar surface area (TPSA) is 106 Å². The van der Waals surface area contributed by atoms with Crippen molar-refractivity contribution < 1.29 is 27.5 Å². The fourth-order valence-corrected chi connectivity index (χ4v) is 4.46. The summed E-state index contributed by atoms with van der Waals surface area (Å²) < 4.78 is 37.9. The zero-order valence-electron chi connectivity index (χ0n) is 12.2. The Morgan fingerprint density at radius 3 is 2.52 bits per heavy atom. The number of nitrogens with one attached hydrogen (secondary N) is 1. The van der Waals surface area contributed by atoms with E-state index in [1.807, 2.05) is 0 Å². The van der Waals surface area contributed by atoms with Crippen LogP contribution in [0.2, 0.25) is 0 Å². The summed E-state index contributed by atoms with van der Waals surface area (Å²) in [4.78, 5) is 11.0. The number of sulfonamides is 1. The van der Waals surface area contributed by atoms with Crippen molar-refractivity contribution >= 4 is 16.0 Å². The van der Waals surface area contributed by atoms with Gasteiger partial charge >= 0.3 is 5.97 Å². The van der Waals surface area contributed by atoms with Gasteiger partial charge in [-0.25, -0.2) is 17.9 Å². The van der Waals surface area contributed by atoms with Crippen LogP contribution in [-0.2, 0) is 14.8 Å². The Bertz CT molecular complexity index is 648. The average Bonchev–Trinajstić information content (AvgIpc) is 2.92. The number of aromatic carboxylic acids is 1. The zero-order valence-corrected chi connectivity index (χ0v) is 13.0. The number of carboxylic acid groups (broad SMARTS) is 1. The summed E-state index contributed by atoms with van der Waals surface area (Å²) in [5.74, 6) is -1.15. The maximum atomic E-state index is 12.5. The van der Waals surface area contributed by atoms with E-state index < -0.39 is 16.0 Å². The van der Waals surface area contributed by atoms with Crippen molar-refractivity contribution in [2.75, 3.05) is 7.11 Å². The van der Waals surface area contributed by atoms with Crippen molar-refractivity contribution in [1.29, 1.82) is 0 Å². The van der Waals surface area contributed by atoms with E-state index in [0.29, 0.717) is 12.8 Å². The quantitative estimate of drug-likeness (QED) is 0.851. The van der Waals surface area contributed by atoms with Crippen LogP contribution in [-0.4, -0.2) is 38.7 Å². The molecule has 8 heteroatoms. The fourth-order valence-electron chi connectivity index (χ4n) is 2.77. The smallest absolute Gasteiger partial charge is 0.340 e. The molecule has 0 bridgehead atoms. The Balaban J connectivity index is 2.31. The molecular weight excluding hydrogens is 298 g/mol. The minimum absolute atomic E-state index is 0.0313. The van der Waals surface area contributed by atoms with Crippen LogP contribution in [0.4, 0.5) is 0 Å². The highest BCUT2D eigenvalue weighted by atomic mass is 32.2. The summed E-state index contributed by atoms with van der Waals surface area (Å²) in [6.45, 7) is 2.88. The van der Waals surface area contributed by atoms with Crippen LogP contribution in [0.15, 0.2) is 9.31 Å². The van der Waals surface area contributed by atoms with E-state index in [2.05, 4.69) is 4.72 Å². The largest absolute Gasteiger partial charge is 0.478 e. The molecule has 1 saturated carbocycles. The molecule has 21 heavy (non-hydrogen) atoms. The second-order valence-electron chi connectivity index (χ2n) is 5.21. The second kappa shape index (κ2) is 5.78. The van der Waals surface area contributed by atoms with Gasteiger partial charge in [0.15, 0.2) is 0 Å². The summed E-state index contributed by atoms with van der Waals surface area (Å²) in [5.41, 5.74) is -0.304. The monoisotopic (exact) mass is 317 g/mol. The van der Waals surface area contributed by atoms with E-state index in [9.17, 15) is 18.3 Å². The molecule has 118 valence electrons. The molecule has 1 heterocycles. The van der Waals surface area contributed by atoms with Crippen LogP contribution in [0, 0.1) is 13.8 Å².